The molecule has 0 radical (unpaired) electrons. The SMILES string of the molecule is CCn1cc(CS(=O)(=O)C(C(=O)O)C(C)C)cn1. The Bertz CT molecular complexity index is 519. The van der Waals surface area contributed by atoms with Gasteiger partial charge in [0, 0.05) is 18.3 Å². The van der Waals surface area contributed by atoms with Crippen LogP contribution in [0.2, 0.25) is 0 Å². The van der Waals surface area contributed by atoms with E-state index in [0.717, 1.165) is 0 Å². The summed E-state index contributed by atoms with van der Waals surface area (Å²) in [7, 11) is -3.72. The van der Waals surface area contributed by atoms with E-state index in [9.17, 15) is 13.2 Å². The largest absolute Gasteiger partial charge is 0.480 e. The van der Waals surface area contributed by atoms with Gasteiger partial charge in [0.1, 0.15) is 0 Å². The van der Waals surface area contributed by atoms with Gasteiger partial charge in [0.15, 0.2) is 15.1 Å². The number of hydrogen-bond acceptors (Lipinski definition) is 4. The Morgan fingerprint density at radius 1 is 1.50 bits per heavy atom. The number of nitrogens with zero attached hydrogens (tertiary/aromatic N) is 2. The monoisotopic (exact) mass is 274 g/mol. The van der Waals surface area contributed by atoms with E-state index in [2.05, 4.69) is 5.10 Å². The lowest BCUT2D eigenvalue weighted by Crippen LogP contribution is -2.35. The number of hydrogen-bond donors (Lipinski definition) is 1. The Morgan fingerprint density at radius 3 is 2.50 bits per heavy atom. The molecule has 6 nitrogen and oxygen atoms in total. The lowest BCUT2D eigenvalue weighted by Gasteiger charge is -2.16. The lowest BCUT2D eigenvalue weighted by atomic mass is 10.1. The van der Waals surface area contributed by atoms with Crippen LogP contribution in [-0.4, -0.2) is 34.5 Å². The summed E-state index contributed by atoms with van der Waals surface area (Å²) in [6.45, 7) is 5.71. The van der Waals surface area contributed by atoms with E-state index in [1.807, 2.05) is 6.92 Å². The van der Waals surface area contributed by atoms with Crippen LogP contribution >= 0.6 is 0 Å². The predicted molar refractivity (Wildman–Crippen MR) is 66.8 cm³/mol. The van der Waals surface area contributed by atoms with Crippen molar-refractivity contribution in [3.63, 3.8) is 0 Å². The molecule has 0 saturated heterocycles. The summed E-state index contributed by atoms with van der Waals surface area (Å²) in [5.74, 6) is -2.05. The van der Waals surface area contributed by atoms with E-state index < -0.39 is 27.0 Å². The molecule has 0 aromatic carbocycles. The molecule has 1 unspecified atom stereocenters. The van der Waals surface area contributed by atoms with Gasteiger partial charge in [-0.25, -0.2) is 8.42 Å². The van der Waals surface area contributed by atoms with E-state index in [1.54, 1.807) is 24.7 Å². The van der Waals surface area contributed by atoms with E-state index in [1.165, 1.54) is 6.20 Å². The molecule has 0 aliphatic rings. The topological polar surface area (TPSA) is 89.3 Å². The fraction of sp³-hybridized carbons (Fsp3) is 0.636. The Kier molecular flexibility index (Phi) is 4.50. The summed E-state index contributed by atoms with van der Waals surface area (Å²) in [5.41, 5.74) is 0.517. The van der Waals surface area contributed by atoms with Crippen molar-refractivity contribution < 1.29 is 18.3 Å². The van der Waals surface area contributed by atoms with E-state index in [-0.39, 0.29) is 5.75 Å². The highest BCUT2D eigenvalue weighted by atomic mass is 32.2. The van der Waals surface area contributed by atoms with Crippen LogP contribution in [0.5, 0.6) is 0 Å². The first-order valence-electron chi connectivity index (χ1n) is 5.73. The highest BCUT2D eigenvalue weighted by Gasteiger charge is 2.35. The summed E-state index contributed by atoms with van der Waals surface area (Å²) >= 11 is 0. The average molecular weight is 274 g/mol. The second kappa shape index (κ2) is 5.51. The second-order valence-corrected chi connectivity index (χ2v) is 6.64. The van der Waals surface area contributed by atoms with Crippen molar-refractivity contribution in [1.82, 2.24) is 9.78 Å². The Labute approximate surface area is 107 Å². The summed E-state index contributed by atoms with van der Waals surface area (Å²) in [6.07, 6.45) is 3.08. The molecule has 0 spiro atoms. The zero-order valence-corrected chi connectivity index (χ0v) is 11.5. The van der Waals surface area contributed by atoms with E-state index in [0.29, 0.717) is 12.1 Å². The number of aliphatic carboxylic acids is 1. The maximum atomic E-state index is 12.1. The third-order valence-electron chi connectivity index (χ3n) is 2.61. The first-order valence-corrected chi connectivity index (χ1v) is 7.45. The minimum atomic E-state index is -3.72. The van der Waals surface area contributed by atoms with Gasteiger partial charge in [-0.1, -0.05) is 13.8 Å². The maximum absolute atomic E-state index is 12.1. The Morgan fingerprint density at radius 2 is 2.11 bits per heavy atom. The van der Waals surface area contributed by atoms with Crippen LogP contribution in [0.1, 0.15) is 26.3 Å². The molecule has 1 atom stereocenters. The molecule has 102 valence electrons. The second-order valence-electron chi connectivity index (χ2n) is 4.51. The molecule has 0 saturated carbocycles. The van der Waals surface area contributed by atoms with Crippen molar-refractivity contribution in [2.45, 2.75) is 38.3 Å². The standard InChI is InChI=1S/C11H18N2O4S/c1-4-13-6-9(5-12-13)7-18(16,17)10(8(2)3)11(14)15/h5-6,8,10H,4,7H2,1-3H3,(H,14,15). The number of carbonyl (C=O) groups is 1. The fourth-order valence-corrected chi connectivity index (χ4v) is 3.76. The molecular weight excluding hydrogens is 256 g/mol. The average Bonchev–Trinajstić information content (AvgIpc) is 2.62. The molecule has 1 N–H and O–H groups in total. The van der Waals surface area contributed by atoms with Gasteiger partial charge >= 0.3 is 5.97 Å². The van der Waals surface area contributed by atoms with Crippen molar-refractivity contribution in [3.8, 4) is 0 Å². The van der Waals surface area contributed by atoms with Gasteiger partial charge in [-0.05, 0) is 12.8 Å². The third kappa shape index (κ3) is 3.32. The van der Waals surface area contributed by atoms with Gasteiger partial charge in [-0.3, -0.25) is 9.48 Å². The van der Waals surface area contributed by atoms with Crippen LogP contribution in [0.25, 0.3) is 0 Å². The number of carboxylic acids is 1. The van der Waals surface area contributed by atoms with Gasteiger partial charge in [0.2, 0.25) is 0 Å². The van der Waals surface area contributed by atoms with Crippen molar-refractivity contribution in [2.75, 3.05) is 0 Å². The maximum Gasteiger partial charge on any atom is 0.322 e. The molecule has 7 heteroatoms. The number of rotatable bonds is 6. The molecule has 1 aromatic rings. The van der Waals surface area contributed by atoms with Crippen molar-refractivity contribution >= 4 is 15.8 Å². The van der Waals surface area contributed by atoms with Gasteiger partial charge in [-0.2, -0.15) is 5.10 Å². The van der Waals surface area contributed by atoms with Crippen LogP contribution < -0.4 is 0 Å². The molecule has 0 amide bonds. The predicted octanol–water partition coefficient (Wildman–Crippen LogP) is 0.927. The van der Waals surface area contributed by atoms with Crippen LogP contribution in [0.3, 0.4) is 0 Å². The molecule has 1 aromatic heterocycles. The van der Waals surface area contributed by atoms with Crippen LogP contribution in [0.15, 0.2) is 12.4 Å². The Hall–Kier alpha value is -1.37. The zero-order chi connectivity index (χ0) is 13.9. The van der Waals surface area contributed by atoms with E-state index in [4.69, 9.17) is 5.11 Å². The third-order valence-corrected chi connectivity index (χ3v) is 4.87. The minimum Gasteiger partial charge on any atom is -0.480 e. The first-order chi connectivity index (χ1) is 8.27. The van der Waals surface area contributed by atoms with Gasteiger partial charge in [0.05, 0.1) is 11.9 Å². The Balaban J connectivity index is 2.96. The van der Waals surface area contributed by atoms with Crippen molar-refractivity contribution in [1.29, 1.82) is 0 Å². The minimum absolute atomic E-state index is 0.290. The van der Waals surface area contributed by atoms with Crippen LogP contribution in [0, 0.1) is 5.92 Å². The van der Waals surface area contributed by atoms with Gasteiger partial charge in [-0.15, -0.1) is 0 Å². The number of carboxylic acid groups (broad SMARTS) is 1. The molecule has 0 bridgehead atoms. The fourth-order valence-electron chi connectivity index (χ4n) is 1.83. The smallest absolute Gasteiger partial charge is 0.322 e. The molecule has 0 aliphatic heterocycles. The quantitative estimate of drug-likeness (QED) is 0.833. The number of sulfone groups is 1. The normalized spacial score (nSPS) is 13.8. The first kappa shape index (κ1) is 14.7. The lowest BCUT2D eigenvalue weighted by molar-refractivity contribution is -0.137. The molecule has 0 fully saturated rings. The molecule has 0 aliphatic carbocycles. The van der Waals surface area contributed by atoms with Crippen molar-refractivity contribution in [2.24, 2.45) is 5.92 Å². The number of aryl methyl sites for hydroxylation is 1. The summed E-state index contributed by atoms with van der Waals surface area (Å²) < 4.78 is 25.7. The van der Waals surface area contributed by atoms with Crippen molar-refractivity contribution in [3.05, 3.63) is 18.0 Å². The van der Waals surface area contributed by atoms with Gasteiger partial charge in [0.25, 0.3) is 0 Å². The summed E-state index contributed by atoms with van der Waals surface area (Å²) in [5, 5.41) is 11.6. The number of aromatic nitrogens is 2. The molecular formula is C11H18N2O4S. The highest BCUT2D eigenvalue weighted by molar-refractivity contribution is 7.92. The zero-order valence-electron chi connectivity index (χ0n) is 10.7. The van der Waals surface area contributed by atoms with Crippen LogP contribution in [-0.2, 0) is 26.9 Å². The summed E-state index contributed by atoms with van der Waals surface area (Å²) in [6, 6.07) is 0. The van der Waals surface area contributed by atoms with Gasteiger partial charge < -0.3 is 5.11 Å². The summed E-state index contributed by atoms with van der Waals surface area (Å²) in [4.78, 5) is 11.0. The highest BCUT2D eigenvalue weighted by Crippen LogP contribution is 2.18. The van der Waals surface area contributed by atoms with Crippen LogP contribution in [0.4, 0.5) is 0 Å². The molecule has 1 rings (SSSR count). The molecule has 1 heterocycles. The van der Waals surface area contributed by atoms with E-state index >= 15 is 0 Å². The molecule has 18 heavy (non-hydrogen) atoms.